The predicted molar refractivity (Wildman–Crippen MR) is 114 cm³/mol. The first-order valence-corrected chi connectivity index (χ1v) is 11.6. The quantitative estimate of drug-likeness (QED) is 0.778. The van der Waals surface area contributed by atoms with Gasteiger partial charge in [0, 0.05) is 25.6 Å². The Morgan fingerprint density at radius 2 is 1.87 bits per heavy atom. The number of carbonyl (C=O) groups is 2. The van der Waals surface area contributed by atoms with Crippen LogP contribution in [0.2, 0.25) is 0 Å². The number of nitrogens with one attached hydrogen (secondary N) is 1. The molecule has 1 saturated heterocycles. The first-order valence-electron chi connectivity index (χ1n) is 11.6. The summed E-state index contributed by atoms with van der Waals surface area (Å²) in [5, 5.41) is 14.1. The van der Waals surface area contributed by atoms with Crippen molar-refractivity contribution < 1.29 is 14.7 Å². The summed E-state index contributed by atoms with van der Waals surface area (Å²) in [6.45, 7) is 3.42. The molecule has 30 heavy (non-hydrogen) atoms. The maximum absolute atomic E-state index is 13.0. The summed E-state index contributed by atoms with van der Waals surface area (Å²) >= 11 is 0. The number of hydrogen-bond acceptors (Lipinski definition) is 5. The number of amides is 1. The standard InChI is InChI=1S/C24H33N3O3/c1-15(28)9-16-5-7-27(8-6-16)21-4-2-3-20(25-21)23(29)26-22-18-10-17-11-19(22)14-24(30,12-17)13-18/h2-4,16-19,22,30H,5-14H2,1H3,(H,26,29)/t17?,18?,19?,22-,24-. The highest BCUT2D eigenvalue weighted by atomic mass is 16.3. The summed E-state index contributed by atoms with van der Waals surface area (Å²) in [4.78, 5) is 31.3. The minimum absolute atomic E-state index is 0.0900. The SMILES string of the molecule is CC(=O)CC1CCN(c2cccc(C(=O)N[C@H]3C4CC5CC3C[C@](O)(C5)C4)n2)CC1. The molecule has 4 bridgehead atoms. The first-order chi connectivity index (χ1) is 14.4. The summed E-state index contributed by atoms with van der Waals surface area (Å²) in [6.07, 6.45) is 7.53. The molecule has 2 atom stereocenters. The molecule has 162 valence electrons. The molecule has 6 heteroatoms. The van der Waals surface area contributed by atoms with Gasteiger partial charge in [-0.05, 0) is 87.7 Å². The van der Waals surface area contributed by atoms with Crippen LogP contribution in [0.15, 0.2) is 18.2 Å². The van der Waals surface area contributed by atoms with Gasteiger partial charge >= 0.3 is 0 Å². The molecule has 1 aromatic rings. The smallest absolute Gasteiger partial charge is 0.270 e. The fourth-order valence-corrected chi connectivity index (χ4v) is 6.94. The molecule has 4 saturated carbocycles. The summed E-state index contributed by atoms with van der Waals surface area (Å²) in [7, 11) is 0. The van der Waals surface area contributed by atoms with Crippen LogP contribution in [0, 0.1) is 23.7 Å². The van der Waals surface area contributed by atoms with E-state index in [9.17, 15) is 14.7 Å². The summed E-state index contributed by atoms with van der Waals surface area (Å²) < 4.78 is 0. The van der Waals surface area contributed by atoms with Gasteiger partial charge in [0.25, 0.3) is 5.91 Å². The van der Waals surface area contributed by atoms with E-state index >= 15 is 0 Å². The Bertz CT molecular complexity index is 817. The topological polar surface area (TPSA) is 82.5 Å². The number of piperidine rings is 1. The molecule has 0 aromatic carbocycles. The van der Waals surface area contributed by atoms with Crippen molar-refractivity contribution in [1.29, 1.82) is 0 Å². The third kappa shape index (κ3) is 3.86. The summed E-state index contributed by atoms with van der Waals surface area (Å²) in [5.74, 6) is 2.92. The second kappa shape index (κ2) is 7.63. The number of nitrogens with zero attached hydrogens (tertiary/aromatic N) is 2. The molecule has 2 unspecified atom stereocenters. The molecule has 2 heterocycles. The van der Waals surface area contributed by atoms with Crippen molar-refractivity contribution >= 4 is 17.5 Å². The molecule has 5 fully saturated rings. The number of carbonyl (C=O) groups excluding carboxylic acids is 2. The molecule has 4 aliphatic carbocycles. The van der Waals surface area contributed by atoms with E-state index in [4.69, 9.17) is 0 Å². The number of pyridine rings is 1. The highest BCUT2D eigenvalue weighted by Crippen LogP contribution is 2.55. The van der Waals surface area contributed by atoms with Crippen molar-refractivity contribution in [3.8, 4) is 0 Å². The molecular formula is C24H33N3O3. The van der Waals surface area contributed by atoms with Crippen molar-refractivity contribution in [1.82, 2.24) is 10.3 Å². The Kier molecular flexibility index (Phi) is 5.08. The highest BCUT2D eigenvalue weighted by Gasteiger charge is 2.55. The van der Waals surface area contributed by atoms with Gasteiger partial charge in [-0.25, -0.2) is 4.98 Å². The third-order valence-corrected chi connectivity index (χ3v) is 8.02. The van der Waals surface area contributed by atoms with E-state index in [1.165, 1.54) is 0 Å². The van der Waals surface area contributed by atoms with Crippen LogP contribution in [0.4, 0.5) is 5.82 Å². The lowest BCUT2D eigenvalue weighted by Gasteiger charge is -2.58. The fourth-order valence-electron chi connectivity index (χ4n) is 6.94. The van der Waals surface area contributed by atoms with E-state index < -0.39 is 5.60 Å². The highest BCUT2D eigenvalue weighted by molar-refractivity contribution is 5.93. The van der Waals surface area contributed by atoms with Crippen LogP contribution in [0.5, 0.6) is 0 Å². The van der Waals surface area contributed by atoms with Gasteiger partial charge in [0.05, 0.1) is 5.60 Å². The predicted octanol–water partition coefficient (Wildman–Crippen LogP) is 2.95. The molecule has 1 aromatic heterocycles. The van der Waals surface area contributed by atoms with Crippen molar-refractivity contribution in [3.05, 3.63) is 23.9 Å². The van der Waals surface area contributed by atoms with Crippen molar-refractivity contribution in [2.45, 2.75) is 69.9 Å². The van der Waals surface area contributed by atoms with Crippen LogP contribution in [0.3, 0.4) is 0 Å². The maximum atomic E-state index is 13.0. The lowest BCUT2D eigenvalue weighted by atomic mass is 9.52. The van der Waals surface area contributed by atoms with Crippen LogP contribution < -0.4 is 10.2 Å². The van der Waals surface area contributed by atoms with Crippen molar-refractivity contribution in [3.63, 3.8) is 0 Å². The first kappa shape index (κ1) is 20.0. The van der Waals surface area contributed by atoms with Gasteiger partial charge in [-0.3, -0.25) is 4.79 Å². The monoisotopic (exact) mass is 411 g/mol. The number of hydrogen-bond donors (Lipinski definition) is 2. The van der Waals surface area contributed by atoms with Crippen LogP contribution in [0.25, 0.3) is 0 Å². The maximum Gasteiger partial charge on any atom is 0.270 e. The molecule has 6 nitrogen and oxygen atoms in total. The van der Waals surface area contributed by atoms with E-state index in [2.05, 4.69) is 15.2 Å². The van der Waals surface area contributed by atoms with E-state index in [0.717, 1.165) is 63.9 Å². The number of rotatable bonds is 5. The Labute approximate surface area is 178 Å². The summed E-state index contributed by atoms with van der Waals surface area (Å²) in [5.41, 5.74) is -0.00408. The van der Waals surface area contributed by atoms with Gasteiger partial charge in [-0.15, -0.1) is 0 Å². The lowest BCUT2D eigenvalue weighted by molar-refractivity contribution is -0.137. The number of Topliss-reactive ketones (excluding diaryl/α,β-unsaturated/α-hetero) is 1. The number of aromatic nitrogens is 1. The zero-order valence-corrected chi connectivity index (χ0v) is 17.8. The van der Waals surface area contributed by atoms with Crippen LogP contribution >= 0.6 is 0 Å². The molecule has 0 radical (unpaired) electrons. The Hall–Kier alpha value is -1.95. The van der Waals surface area contributed by atoms with E-state index in [0.29, 0.717) is 35.8 Å². The second-order valence-corrected chi connectivity index (χ2v) is 10.4. The molecule has 6 rings (SSSR count). The number of ketones is 1. The average Bonchev–Trinajstić information content (AvgIpc) is 2.69. The third-order valence-electron chi connectivity index (χ3n) is 8.02. The number of anilines is 1. The van der Waals surface area contributed by atoms with Gasteiger partial charge in [0.1, 0.15) is 17.3 Å². The molecular weight excluding hydrogens is 378 g/mol. The zero-order valence-electron chi connectivity index (χ0n) is 17.8. The lowest BCUT2D eigenvalue weighted by Crippen LogP contribution is -2.61. The van der Waals surface area contributed by atoms with Gasteiger partial charge in [0.2, 0.25) is 0 Å². The van der Waals surface area contributed by atoms with Crippen LogP contribution in [0.1, 0.15) is 68.8 Å². The Morgan fingerprint density at radius 1 is 1.17 bits per heavy atom. The number of aliphatic hydroxyl groups is 1. The molecule has 1 amide bonds. The van der Waals surface area contributed by atoms with E-state index in [-0.39, 0.29) is 17.7 Å². The van der Waals surface area contributed by atoms with Gasteiger partial charge in [-0.2, -0.15) is 0 Å². The van der Waals surface area contributed by atoms with Crippen LogP contribution in [-0.2, 0) is 4.79 Å². The minimum atomic E-state index is -0.482. The van der Waals surface area contributed by atoms with E-state index in [1.807, 2.05) is 12.1 Å². The molecule has 5 aliphatic rings. The molecule has 1 aliphatic heterocycles. The molecule has 0 spiro atoms. The Balaban J connectivity index is 1.23. The fraction of sp³-hybridized carbons (Fsp3) is 0.708. The largest absolute Gasteiger partial charge is 0.390 e. The van der Waals surface area contributed by atoms with Gasteiger partial charge in [-0.1, -0.05) is 6.07 Å². The van der Waals surface area contributed by atoms with Gasteiger partial charge in [0.15, 0.2) is 0 Å². The minimum Gasteiger partial charge on any atom is -0.390 e. The van der Waals surface area contributed by atoms with Crippen LogP contribution in [-0.4, -0.2) is 46.5 Å². The summed E-state index contributed by atoms with van der Waals surface area (Å²) in [6, 6.07) is 5.85. The Morgan fingerprint density at radius 3 is 2.50 bits per heavy atom. The van der Waals surface area contributed by atoms with E-state index in [1.54, 1.807) is 13.0 Å². The van der Waals surface area contributed by atoms with Gasteiger partial charge < -0.3 is 20.1 Å². The van der Waals surface area contributed by atoms with Crippen molar-refractivity contribution in [2.75, 3.05) is 18.0 Å². The normalized spacial score (nSPS) is 35.5. The average molecular weight is 412 g/mol. The molecule has 2 N–H and O–H groups in total. The zero-order chi connectivity index (χ0) is 20.9. The van der Waals surface area contributed by atoms with Crippen molar-refractivity contribution in [2.24, 2.45) is 23.7 Å². The second-order valence-electron chi connectivity index (χ2n) is 10.4.